The first kappa shape index (κ1) is 15.3. The first-order valence-electron chi connectivity index (χ1n) is 7.13. The fourth-order valence-electron chi connectivity index (χ4n) is 2.76. The molecule has 5 atom stereocenters. The molecule has 1 fully saturated rings. The summed E-state index contributed by atoms with van der Waals surface area (Å²) in [5.41, 5.74) is 6.10. The molecule has 19 heavy (non-hydrogen) atoms. The van der Waals surface area contributed by atoms with Gasteiger partial charge in [-0.15, -0.1) is 11.3 Å². The van der Waals surface area contributed by atoms with Crippen LogP contribution in [0.5, 0.6) is 0 Å². The first-order chi connectivity index (χ1) is 8.97. The van der Waals surface area contributed by atoms with Gasteiger partial charge in [-0.3, -0.25) is 0 Å². The van der Waals surface area contributed by atoms with Crippen LogP contribution in [-0.2, 0) is 4.74 Å². The lowest BCUT2D eigenvalue weighted by Gasteiger charge is -2.35. The average Bonchev–Trinajstić information content (AvgIpc) is 2.76. The molecule has 0 saturated heterocycles. The molecule has 0 aromatic carbocycles. The fourth-order valence-corrected chi connectivity index (χ4v) is 3.97. The molecule has 2 nitrogen and oxygen atoms in total. The Bertz CT molecular complexity index is 407. The predicted molar refractivity (Wildman–Crippen MR) is 82.8 cm³/mol. The second-order valence-corrected chi connectivity index (χ2v) is 7.69. The molecule has 1 heterocycles. The van der Waals surface area contributed by atoms with E-state index in [1.807, 2.05) is 19.1 Å². The molecule has 108 valence electrons. The van der Waals surface area contributed by atoms with Crippen LogP contribution in [0.25, 0.3) is 0 Å². The predicted octanol–water partition coefficient (Wildman–Crippen LogP) is 4.63. The number of hydrogen-bond acceptors (Lipinski definition) is 3. The Labute approximate surface area is 125 Å². The largest absolute Gasteiger partial charge is 0.368 e. The molecule has 0 spiro atoms. The number of nitrogens with two attached hydrogens (primary N) is 1. The van der Waals surface area contributed by atoms with E-state index in [-0.39, 0.29) is 12.1 Å². The van der Waals surface area contributed by atoms with Gasteiger partial charge in [0.1, 0.15) is 6.10 Å². The Morgan fingerprint density at radius 2 is 2.05 bits per heavy atom. The number of hydrogen-bond donors (Lipinski definition) is 1. The highest BCUT2D eigenvalue weighted by molar-refractivity contribution is 7.16. The van der Waals surface area contributed by atoms with Crippen LogP contribution in [-0.4, -0.2) is 12.1 Å². The highest BCUT2D eigenvalue weighted by Gasteiger charge is 2.29. The standard InChI is InChI=1S/C15H24ClNOS/c1-9-4-5-12(8-10(9)2)18-15(11(3)17)13-6-7-14(16)19-13/h6-7,9-12,15H,4-5,8,17H2,1-3H3. The van der Waals surface area contributed by atoms with E-state index < -0.39 is 0 Å². The van der Waals surface area contributed by atoms with Crippen molar-refractivity contribution >= 4 is 22.9 Å². The Morgan fingerprint density at radius 3 is 2.58 bits per heavy atom. The zero-order valence-electron chi connectivity index (χ0n) is 11.9. The van der Waals surface area contributed by atoms with Gasteiger partial charge in [0, 0.05) is 10.9 Å². The zero-order chi connectivity index (χ0) is 14.0. The van der Waals surface area contributed by atoms with Crippen LogP contribution in [0.15, 0.2) is 12.1 Å². The maximum absolute atomic E-state index is 6.30. The highest BCUT2D eigenvalue weighted by atomic mass is 35.5. The van der Waals surface area contributed by atoms with Crippen LogP contribution in [0.1, 0.15) is 51.0 Å². The lowest BCUT2D eigenvalue weighted by molar-refractivity contribution is -0.0553. The van der Waals surface area contributed by atoms with Gasteiger partial charge >= 0.3 is 0 Å². The summed E-state index contributed by atoms with van der Waals surface area (Å²) in [6.45, 7) is 6.67. The molecular formula is C15H24ClNOS. The smallest absolute Gasteiger partial charge is 0.107 e. The van der Waals surface area contributed by atoms with Crippen molar-refractivity contribution < 1.29 is 4.74 Å². The van der Waals surface area contributed by atoms with Crippen molar-refractivity contribution in [3.05, 3.63) is 21.3 Å². The third-order valence-electron chi connectivity index (χ3n) is 4.24. The topological polar surface area (TPSA) is 35.2 Å². The Balaban J connectivity index is 2.01. The Kier molecular flexibility index (Phi) is 5.29. The number of rotatable bonds is 4. The van der Waals surface area contributed by atoms with Gasteiger partial charge in [0.25, 0.3) is 0 Å². The molecule has 5 unspecified atom stereocenters. The summed E-state index contributed by atoms with van der Waals surface area (Å²) in [6.07, 6.45) is 3.85. The van der Waals surface area contributed by atoms with Crippen molar-refractivity contribution in [2.24, 2.45) is 17.6 Å². The lowest BCUT2D eigenvalue weighted by Crippen LogP contribution is -2.33. The van der Waals surface area contributed by atoms with E-state index in [0.29, 0.717) is 6.10 Å². The van der Waals surface area contributed by atoms with Gasteiger partial charge < -0.3 is 10.5 Å². The number of ether oxygens (including phenoxy) is 1. The van der Waals surface area contributed by atoms with Crippen LogP contribution in [0.4, 0.5) is 0 Å². The van der Waals surface area contributed by atoms with Crippen LogP contribution >= 0.6 is 22.9 Å². The SMILES string of the molecule is CC(N)C(OC1CCC(C)C(C)C1)c1ccc(Cl)s1. The van der Waals surface area contributed by atoms with Gasteiger partial charge in [0.2, 0.25) is 0 Å². The van der Waals surface area contributed by atoms with E-state index in [0.717, 1.165) is 33.9 Å². The molecule has 1 aliphatic carbocycles. The molecule has 1 aromatic heterocycles. The number of thiophene rings is 1. The van der Waals surface area contributed by atoms with E-state index in [1.165, 1.54) is 6.42 Å². The molecular weight excluding hydrogens is 278 g/mol. The molecule has 0 amide bonds. The fraction of sp³-hybridized carbons (Fsp3) is 0.733. The van der Waals surface area contributed by atoms with E-state index in [9.17, 15) is 0 Å². The van der Waals surface area contributed by atoms with Gasteiger partial charge in [-0.1, -0.05) is 25.4 Å². The van der Waals surface area contributed by atoms with E-state index in [1.54, 1.807) is 11.3 Å². The van der Waals surface area contributed by atoms with Crippen molar-refractivity contribution in [3.8, 4) is 0 Å². The lowest BCUT2D eigenvalue weighted by atomic mass is 9.80. The average molecular weight is 302 g/mol. The minimum Gasteiger partial charge on any atom is -0.368 e. The summed E-state index contributed by atoms with van der Waals surface area (Å²) in [5.74, 6) is 1.55. The van der Waals surface area contributed by atoms with Crippen LogP contribution in [0.3, 0.4) is 0 Å². The molecule has 0 radical (unpaired) electrons. The summed E-state index contributed by atoms with van der Waals surface area (Å²) >= 11 is 7.59. The van der Waals surface area contributed by atoms with Crippen LogP contribution in [0.2, 0.25) is 4.34 Å². The van der Waals surface area contributed by atoms with Gasteiger partial charge in [0.15, 0.2) is 0 Å². The molecule has 1 saturated carbocycles. The Morgan fingerprint density at radius 1 is 1.32 bits per heavy atom. The minimum absolute atomic E-state index is 0.00984. The van der Waals surface area contributed by atoms with Gasteiger partial charge in [-0.2, -0.15) is 0 Å². The van der Waals surface area contributed by atoms with E-state index in [2.05, 4.69) is 13.8 Å². The zero-order valence-corrected chi connectivity index (χ0v) is 13.5. The molecule has 1 aliphatic rings. The third kappa shape index (κ3) is 3.94. The summed E-state index contributed by atoms with van der Waals surface area (Å²) in [4.78, 5) is 1.14. The minimum atomic E-state index is -0.0249. The monoisotopic (exact) mass is 301 g/mol. The molecule has 0 bridgehead atoms. The maximum Gasteiger partial charge on any atom is 0.107 e. The van der Waals surface area contributed by atoms with Crippen LogP contribution in [0, 0.1) is 11.8 Å². The van der Waals surface area contributed by atoms with Crippen LogP contribution < -0.4 is 5.73 Å². The second-order valence-electron chi connectivity index (χ2n) is 5.95. The van der Waals surface area contributed by atoms with Crippen molar-refractivity contribution in [1.82, 2.24) is 0 Å². The van der Waals surface area contributed by atoms with Crippen molar-refractivity contribution in [2.45, 2.75) is 58.3 Å². The van der Waals surface area contributed by atoms with Gasteiger partial charge in [-0.05, 0) is 50.2 Å². The van der Waals surface area contributed by atoms with Crippen molar-refractivity contribution in [2.75, 3.05) is 0 Å². The molecule has 2 rings (SSSR count). The molecule has 1 aromatic rings. The molecule has 0 aliphatic heterocycles. The summed E-state index contributed by atoms with van der Waals surface area (Å²) in [6, 6.07) is 3.95. The van der Waals surface area contributed by atoms with E-state index in [4.69, 9.17) is 22.1 Å². The second kappa shape index (κ2) is 6.57. The summed E-state index contributed by atoms with van der Waals surface area (Å²) in [5, 5.41) is 0. The quantitative estimate of drug-likeness (QED) is 0.880. The van der Waals surface area contributed by atoms with Crippen molar-refractivity contribution in [1.29, 1.82) is 0 Å². The van der Waals surface area contributed by atoms with Crippen molar-refractivity contribution in [3.63, 3.8) is 0 Å². The maximum atomic E-state index is 6.30. The highest BCUT2D eigenvalue weighted by Crippen LogP contribution is 2.36. The summed E-state index contributed by atoms with van der Waals surface area (Å²) in [7, 11) is 0. The van der Waals surface area contributed by atoms with Gasteiger partial charge in [-0.25, -0.2) is 0 Å². The third-order valence-corrected chi connectivity index (χ3v) is 5.53. The first-order valence-corrected chi connectivity index (χ1v) is 8.33. The normalized spacial score (nSPS) is 31.1. The molecule has 2 N–H and O–H groups in total. The summed E-state index contributed by atoms with van der Waals surface area (Å²) < 4.78 is 7.10. The van der Waals surface area contributed by atoms with Gasteiger partial charge in [0.05, 0.1) is 10.4 Å². The van der Waals surface area contributed by atoms with E-state index >= 15 is 0 Å². The Hall–Kier alpha value is -0.0900. The molecule has 4 heteroatoms. The number of halogens is 1.